The quantitative estimate of drug-likeness (QED) is 0.512. The number of carbonyl (C=O) groups excluding carboxylic acids is 1. The number of nitrogens with zero attached hydrogens (tertiary/aromatic N) is 1. The molecule has 0 aliphatic heterocycles. The van der Waals surface area contributed by atoms with E-state index in [1.54, 1.807) is 21.1 Å². The molecule has 1 atom stereocenters. The average Bonchev–Trinajstić information content (AvgIpc) is 1.98. The third kappa shape index (κ3) is 7.54. The first-order valence-electron chi connectivity index (χ1n) is 5.18. The zero-order chi connectivity index (χ0) is 13.1. The molecule has 0 aliphatic carbocycles. The second-order valence-electron chi connectivity index (χ2n) is 4.02. The molecule has 0 aromatic carbocycles. The van der Waals surface area contributed by atoms with Crippen molar-refractivity contribution in [2.45, 2.75) is 19.4 Å². The predicted octanol–water partition coefficient (Wildman–Crippen LogP) is 0.0990. The highest BCUT2D eigenvalue weighted by Gasteiger charge is 2.23. The summed E-state index contributed by atoms with van der Waals surface area (Å²) in [6, 6.07) is 0. The minimum atomic E-state index is -2.59. The Morgan fingerprint density at radius 3 is 2.29 bits per heavy atom. The molecule has 82 valence electrons. The second kappa shape index (κ2) is 4.95. The van der Waals surface area contributed by atoms with Crippen molar-refractivity contribution in [3.8, 4) is 0 Å². The molecular weight excluding hydrogens is 186 g/mol. The molecule has 0 unspecified atom stereocenters. The van der Waals surface area contributed by atoms with Crippen molar-refractivity contribution in [3.05, 3.63) is 0 Å². The van der Waals surface area contributed by atoms with E-state index in [9.17, 15) is 9.59 Å². The summed E-state index contributed by atoms with van der Waals surface area (Å²) in [5.74, 6) is -2.32. The number of carboxylic acids is 1. The maximum absolute atomic E-state index is 10.8. The molecule has 5 heteroatoms. The number of carbonyl (C=O) groups is 2. The molecule has 0 radical (unpaired) electrons. The van der Waals surface area contributed by atoms with Crippen LogP contribution in [0.15, 0.2) is 0 Å². The first kappa shape index (κ1) is 9.45. The summed E-state index contributed by atoms with van der Waals surface area (Å²) in [5.41, 5.74) is 0. The fourth-order valence-electron chi connectivity index (χ4n) is 0.948. The van der Waals surface area contributed by atoms with Gasteiger partial charge in [-0.15, -0.1) is 0 Å². The minimum Gasteiger partial charge on any atom is -0.481 e. The van der Waals surface area contributed by atoms with Gasteiger partial charge in [-0.1, -0.05) is 0 Å². The molecule has 0 saturated heterocycles. The summed E-state index contributed by atoms with van der Waals surface area (Å²) in [6.07, 6.45) is -3.89. The van der Waals surface area contributed by atoms with Crippen LogP contribution < -0.4 is 0 Å². The summed E-state index contributed by atoms with van der Waals surface area (Å²) in [7, 11) is 5.28. The van der Waals surface area contributed by atoms with Crippen LogP contribution in [0.1, 0.15) is 16.0 Å². The molecule has 0 heterocycles. The van der Waals surface area contributed by atoms with Crippen LogP contribution in [0, 0.1) is 0 Å². The molecule has 0 aromatic heterocycles. The number of esters is 1. The van der Waals surface area contributed by atoms with Gasteiger partial charge in [0, 0.05) is 9.67 Å². The van der Waals surface area contributed by atoms with Gasteiger partial charge in [0.25, 0.3) is 0 Å². The number of rotatable bonds is 5. The summed E-state index contributed by atoms with van der Waals surface area (Å²) in [6.45, 7) is 1.21. The highest BCUT2D eigenvalue weighted by molar-refractivity contribution is 5.69. The maximum atomic E-state index is 10.8. The standard InChI is InChI=1S/C9H17NO4/c1-7(11)14-8(5-9(12)13)6-10(2,3)4/h8H,5-6H2,1-4H3/p+1/t8-/m1/s1/i5D2. The first-order valence-corrected chi connectivity index (χ1v) is 4.18. The van der Waals surface area contributed by atoms with Crippen molar-refractivity contribution in [2.24, 2.45) is 0 Å². The van der Waals surface area contributed by atoms with Gasteiger partial charge in [-0.3, -0.25) is 9.59 Å². The van der Waals surface area contributed by atoms with Crippen LogP contribution in [0.3, 0.4) is 0 Å². The molecule has 0 amide bonds. The fourth-order valence-corrected chi connectivity index (χ4v) is 0.948. The summed E-state index contributed by atoms with van der Waals surface area (Å²) < 4.78 is 19.8. The van der Waals surface area contributed by atoms with Crippen LogP contribution in [0.5, 0.6) is 0 Å². The lowest BCUT2D eigenvalue weighted by atomic mass is 10.2. The largest absolute Gasteiger partial charge is 0.481 e. The maximum Gasteiger partial charge on any atom is 0.307 e. The van der Waals surface area contributed by atoms with E-state index in [4.69, 9.17) is 12.6 Å². The Hall–Kier alpha value is -1.10. The van der Waals surface area contributed by atoms with Gasteiger partial charge in [0.2, 0.25) is 0 Å². The third-order valence-corrected chi connectivity index (χ3v) is 1.31. The zero-order valence-electron chi connectivity index (χ0n) is 10.9. The van der Waals surface area contributed by atoms with Crippen LogP contribution in [0.4, 0.5) is 0 Å². The van der Waals surface area contributed by atoms with Gasteiger partial charge in [-0.2, -0.15) is 0 Å². The van der Waals surface area contributed by atoms with Crippen molar-refractivity contribution >= 4 is 11.9 Å². The Bertz CT molecular complexity index is 286. The molecular formula is C9H18NO4+. The van der Waals surface area contributed by atoms with Crippen molar-refractivity contribution in [2.75, 3.05) is 27.7 Å². The molecule has 1 N–H and O–H groups in total. The normalized spacial score (nSPS) is 16.6. The lowest BCUT2D eigenvalue weighted by molar-refractivity contribution is -0.873. The van der Waals surface area contributed by atoms with Crippen molar-refractivity contribution in [1.29, 1.82) is 0 Å². The van der Waals surface area contributed by atoms with Crippen molar-refractivity contribution < 1.29 is 26.7 Å². The molecule has 0 spiro atoms. The molecule has 0 aliphatic rings. The summed E-state index contributed by atoms with van der Waals surface area (Å²) in [5, 5.41) is 8.75. The van der Waals surface area contributed by atoms with Crippen LogP contribution >= 0.6 is 0 Å². The van der Waals surface area contributed by atoms with Gasteiger partial charge in [-0.05, 0) is 0 Å². The number of quaternary nitrogens is 1. The number of aliphatic carboxylic acids is 1. The van der Waals surface area contributed by atoms with Gasteiger partial charge >= 0.3 is 11.9 Å². The molecule has 0 rings (SSSR count). The van der Waals surface area contributed by atoms with E-state index in [1.165, 1.54) is 0 Å². The highest BCUT2D eigenvalue weighted by atomic mass is 16.5. The fraction of sp³-hybridized carbons (Fsp3) is 0.778. The number of carboxylic acid groups (broad SMARTS) is 1. The Morgan fingerprint density at radius 2 is 2.00 bits per heavy atom. The highest BCUT2D eigenvalue weighted by Crippen LogP contribution is 2.04. The topological polar surface area (TPSA) is 63.6 Å². The number of hydrogen-bond donors (Lipinski definition) is 1. The molecule has 5 nitrogen and oxygen atoms in total. The van der Waals surface area contributed by atoms with E-state index >= 15 is 0 Å². The minimum absolute atomic E-state index is 0.0822. The van der Waals surface area contributed by atoms with Gasteiger partial charge in [-0.25, -0.2) is 0 Å². The van der Waals surface area contributed by atoms with Crippen LogP contribution in [0.2, 0.25) is 0 Å². The molecule has 0 saturated carbocycles. The Morgan fingerprint density at radius 1 is 1.50 bits per heavy atom. The Kier molecular flexibility index (Phi) is 3.34. The van der Waals surface area contributed by atoms with Crippen LogP contribution in [-0.2, 0) is 14.3 Å². The van der Waals surface area contributed by atoms with E-state index in [-0.39, 0.29) is 6.54 Å². The Labute approximate surface area is 86.7 Å². The SMILES string of the molecule is [2H]C([2H])(C(=O)O)[C@H](C[N+](C)(C)C)OC(C)=O. The van der Waals surface area contributed by atoms with Gasteiger partial charge < -0.3 is 14.3 Å². The van der Waals surface area contributed by atoms with Gasteiger partial charge in [0.15, 0.2) is 6.10 Å². The second-order valence-corrected chi connectivity index (χ2v) is 4.02. The lowest BCUT2D eigenvalue weighted by Gasteiger charge is -2.28. The summed E-state index contributed by atoms with van der Waals surface area (Å²) >= 11 is 0. The van der Waals surface area contributed by atoms with Crippen molar-refractivity contribution in [1.82, 2.24) is 0 Å². The molecule has 0 fully saturated rings. The molecule has 0 bridgehead atoms. The van der Waals surface area contributed by atoms with Crippen LogP contribution in [-0.4, -0.2) is 55.3 Å². The van der Waals surface area contributed by atoms with Crippen LogP contribution in [0.25, 0.3) is 0 Å². The van der Waals surface area contributed by atoms with Gasteiger partial charge in [0.1, 0.15) is 6.54 Å². The first-order chi connectivity index (χ1) is 6.97. The predicted molar refractivity (Wildman–Crippen MR) is 50.7 cm³/mol. The summed E-state index contributed by atoms with van der Waals surface area (Å²) in [4.78, 5) is 21.6. The number of ether oxygens (including phenoxy) is 1. The van der Waals surface area contributed by atoms with Gasteiger partial charge in [0.05, 0.1) is 27.5 Å². The number of likely N-dealkylation sites (N-methyl/N-ethyl adjacent to an activating group) is 1. The van der Waals surface area contributed by atoms with Crippen molar-refractivity contribution in [3.63, 3.8) is 0 Å². The van der Waals surface area contributed by atoms with E-state index in [1.807, 2.05) is 0 Å². The van der Waals surface area contributed by atoms with E-state index < -0.39 is 24.4 Å². The Balaban J connectivity index is 4.94. The smallest absolute Gasteiger partial charge is 0.307 e. The van der Waals surface area contributed by atoms with E-state index in [0.29, 0.717) is 4.48 Å². The average molecular weight is 206 g/mol. The monoisotopic (exact) mass is 206 g/mol. The van der Waals surface area contributed by atoms with E-state index in [2.05, 4.69) is 0 Å². The third-order valence-electron chi connectivity index (χ3n) is 1.31. The van der Waals surface area contributed by atoms with E-state index in [0.717, 1.165) is 6.92 Å². The zero-order valence-corrected chi connectivity index (χ0v) is 8.90. The number of hydrogen-bond acceptors (Lipinski definition) is 3. The molecule has 0 aromatic rings. The lowest BCUT2D eigenvalue weighted by Crippen LogP contribution is -2.43. The molecule has 14 heavy (non-hydrogen) atoms.